The highest BCUT2D eigenvalue weighted by atomic mass is 16.8. The highest BCUT2D eigenvalue weighted by Crippen LogP contribution is 2.40. The lowest BCUT2D eigenvalue weighted by Gasteiger charge is -2.51. The number of hydrogen-bond donors (Lipinski definition) is 22. The summed E-state index contributed by atoms with van der Waals surface area (Å²) in [5.74, 6) is -1.70. The van der Waals surface area contributed by atoms with E-state index in [2.05, 4.69) is 0 Å². The summed E-state index contributed by atoms with van der Waals surface area (Å²) in [7, 11) is 0. The summed E-state index contributed by atoms with van der Waals surface area (Å²) in [4.78, 5) is 0. The molecule has 0 aromatic heterocycles. The van der Waals surface area contributed by atoms with Gasteiger partial charge in [0.15, 0.2) is 37.7 Å². The molecule has 0 amide bonds. The van der Waals surface area contributed by atoms with Gasteiger partial charge in [0.05, 0.1) is 58.5 Å². The molecule has 0 aromatic rings. The predicted molar refractivity (Wildman–Crippen MR) is 233 cm³/mol. The van der Waals surface area contributed by atoms with Gasteiger partial charge in [-0.15, -0.1) is 0 Å². The van der Waals surface area contributed by atoms with Crippen molar-refractivity contribution in [1.29, 1.82) is 0 Å². The van der Waals surface area contributed by atoms with Crippen LogP contribution in [0, 0.1) is 5.92 Å². The molecule has 35 nitrogen and oxygen atoms in total. The molecule has 20 aliphatic heterocycles. The smallest absolute Gasteiger partial charge is 0.187 e. The van der Waals surface area contributed by atoms with Gasteiger partial charge in [-0.3, -0.25) is 0 Å². The fourth-order valence-corrected chi connectivity index (χ4v) is 10.9. The molecule has 0 spiro atoms. The van der Waals surface area contributed by atoms with Crippen LogP contribution in [0.2, 0.25) is 0 Å². The van der Waals surface area contributed by atoms with E-state index in [-0.39, 0.29) is 0 Å². The highest BCUT2D eigenvalue weighted by molar-refractivity contribution is 5.04. The monoisotopic (exact) mass is 1150 g/mol. The summed E-state index contributed by atoms with van der Waals surface area (Å²) >= 11 is 0. The van der Waals surface area contributed by atoms with Gasteiger partial charge in [-0.25, -0.2) is 0 Å². The van der Waals surface area contributed by atoms with Gasteiger partial charge in [-0.2, -0.15) is 0 Å². The molecule has 36 atom stereocenters. The van der Waals surface area contributed by atoms with E-state index in [1.54, 1.807) is 0 Å². The summed E-state index contributed by atoms with van der Waals surface area (Å²) < 4.78 is 74.0. The van der Waals surface area contributed by atoms with Crippen LogP contribution in [0.1, 0.15) is 0 Å². The molecule has 454 valence electrons. The molecule has 1 saturated carbocycles. The summed E-state index contributed by atoms with van der Waals surface area (Å²) in [5, 5.41) is 243. The summed E-state index contributed by atoms with van der Waals surface area (Å²) in [6.07, 6.45) is -71.3. The summed E-state index contributed by atoms with van der Waals surface area (Å²) in [5.41, 5.74) is 0. The number of aliphatic hydroxyl groups excluding tert-OH is 22. The lowest BCUT2D eigenvalue weighted by Crippen LogP contribution is -2.69. The summed E-state index contributed by atoms with van der Waals surface area (Å²) in [6, 6.07) is 0. The normalized spacial score (nSPS) is 55.8. The zero-order valence-electron chi connectivity index (χ0n) is 40.9. The maximum Gasteiger partial charge on any atom is 0.187 e. The van der Waals surface area contributed by atoms with Crippen LogP contribution in [0.4, 0.5) is 0 Å². The van der Waals surface area contributed by atoms with Crippen molar-refractivity contribution in [3.8, 4) is 0 Å². The second-order valence-electron chi connectivity index (χ2n) is 20.2. The van der Waals surface area contributed by atoms with Crippen LogP contribution < -0.4 is 0 Å². The Bertz CT molecular complexity index is 1860. The van der Waals surface area contributed by atoms with Crippen molar-refractivity contribution in [2.24, 2.45) is 5.92 Å². The topological polar surface area (TPSA) is 565 Å². The molecule has 1 aliphatic carbocycles. The van der Waals surface area contributed by atoms with Gasteiger partial charge < -0.3 is 174 Å². The lowest BCUT2D eigenvalue weighted by molar-refractivity contribution is -0.396. The molecule has 14 bridgehead atoms. The first-order valence-electron chi connectivity index (χ1n) is 25.1. The first kappa shape index (κ1) is 62.6. The van der Waals surface area contributed by atoms with E-state index in [0.29, 0.717) is 0 Å². The van der Waals surface area contributed by atoms with Crippen LogP contribution in [0.15, 0.2) is 0 Å². The molecule has 78 heavy (non-hydrogen) atoms. The van der Waals surface area contributed by atoms with Gasteiger partial charge in [0.25, 0.3) is 0 Å². The van der Waals surface area contributed by atoms with Gasteiger partial charge in [0.2, 0.25) is 0 Å². The van der Waals surface area contributed by atoms with Gasteiger partial charge in [0, 0.05) is 5.92 Å². The first-order valence-corrected chi connectivity index (χ1v) is 25.1. The van der Waals surface area contributed by atoms with Crippen molar-refractivity contribution in [2.75, 3.05) is 46.2 Å². The minimum absolute atomic E-state index is 1.05. The number of rotatable bonds is 7. The van der Waals surface area contributed by atoms with E-state index in [1.807, 2.05) is 0 Å². The molecule has 20 saturated heterocycles. The van der Waals surface area contributed by atoms with E-state index in [0.717, 1.165) is 0 Å². The Hall–Kier alpha value is -1.40. The van der Waals surface area contributed by atoms with Gasteiger partial charge >= 0.3 is 0 Å². The average Bonchev–Trinajstić information content (AvgIpc) is 3.45. The molecule has 21 rings (SSSR count). The molecule has 21 fully saturated rings. The van der Waals surface area contributed by atoms with Crippen LogP contribution in [0.25, 0.3) is 0 Å². The Balaban J connectivity index is 1.09. The largest absolute Gasteiger partial charge is 0.396 e. The first-order chi connectivity index (χ1) is 37.1. The van der Waals surface area contributed by atoms with E-state index < -0.39 is 267 Å². The second kappa shape index (κ2) is 26.3. The second-order valence-corrected chi connectivity index (χ2v) is 20.2. The Morgan fingerprint density at radius 3 is 0.551 bits per heavy atom. The molecular weight excluding hydrogens is 1080 g/mol. The van der Waals surface area contributed by atoms with Gasteiger partial charge in [0.1, 0.15) is 165 Å². The van der Waals surface area contributed by atoms with Crippen molar-refractivity contribution in [2.45, 2.75) is 215 Å². The zero-order chi connectivity index (χ0) is 56.9. The third-order valence-corrected chi connectivity index (χ3v) is 15.4. The van der Waals surface area contributed by atoms with Crippen molar-refractivity contribution in [3.05, 3.63) is 0 Å². The van der Waals surface area contributed by atoms with Crippen LogP contribution >= 0.6 is 0 Å². The van der Waals surface area contributed by atoms with E-state index in [1.165, 1.54) is 0 Å². The molecule has 11 unspecified atom stereocenters. The molecule has 22 N–H and O–H groups in total. The maximum absolute atomic E-state index is 11.5. The van der Waals surface area contributed by atoms with Crippen LogP contribution in [0.5, 0.6) is 0 Å². The fraction of sp³-hybridized carbons (Fsp3) is 1.00. The van der Waals surface area contributed by atoms with Crippen molar-refractivity contribution in [3.63, 3.8) is 0 Å². The average molecular weight is 1150 g/mol. The minimum Gasteiger partial charge on any atom is -0.396 e. The number of hydrogen-bond acceptors (Lipinski definition) is 35. The standard InChI is InChI=1S/C43H72O35/c44-1-8-15(51)37-17(53)16(52)30(8)73-38-25(61)19(55)32(10(3-46)67-38)75-40-27(63)21(57)34(12(5-48)69-40)77-42-29(65)23(59)36(14(7-50)71-42)78-43-28(64)22(58)35(13(6-49)70-43)76-41-26(62)20(56)33(11(4-47)68-41)74-39-24(60)18(54)31(72-37)9(2-45)66-39/h8-65H,1-7H2/t8-,9+,10+,11+,12+,13+,14+,15?,16+,17+,18+,19+,20+,21+,22+,23+,24+,25+,26+,27+,28+,29+,30?,31+,32+,33+,34+,35?,36?,37?,38?,39?,40?,41?,42?,43?/m0/s1. The van der Waals surface area contributed by atoms with E-state index >= 15 is 0 Å². The number of aliphatic hydroxyl groups is 22. The molecule has 0 aromatic carbocycles. The van der Waals surface area contributed by atoms with Gasteiger partial charge in [-0.1, -0.05) is 0 Å². The molecule has 0 radical (unpaired) electrons. The van der Waals surface area contributed by atoms with Crippen LogP contribution in [0.3, 0.4) is 0 Å². The minimum atomic E-state index is -2.26. The van der Waals surface area contributed by atoms with Crippen LogP contribution in [-0.4, -0.2) is 373 Å². The molecule has 35 heteroatoms. The van der Waals surface area contributed by atoms with Gasteiger partial charge in [-0.05, 0) is 0 Å². The maximum atomic E-state index is 11.5. The van der Waals surface area contributed by atoms with Crippen LogP contribution in [-0.2, 0) is 61.6 Å². The van der Waals surface area contributed by atoms with E-state index in [9.17, 15) is 112 Å². The van der Waals surface area contributed by atoms with Crippen molar-refractivity contribution < 1.29 is 174 Å². The third-order valence-electron chi connectivity index (χ3n) is 15.4. The summed E-state index contributed by atoms with van der Waals surface area (Å²) in [6.45, 7) is -7.46. The lowest BCUT2D eigenvalue weighted by atomic mass is 9.78. The Morgan fingerprint density at radius 2 is 0.346 bits per heavy atom. The van der Waals surface area contributed by atoms with E-state index in [4.69, 9.17) is 61.6 Å². The Morgan fingerprint density at radius 1 is 0.167 bits per heavy atom. The Labute approximate surface area is 440 Å². The SMILES string of the molecule is OC[C@H]1C(O)C2O[C@H]3[C@H](O)[C@@H](O)C(O[C@H]4[C@H](O)[C@@H](O)C(OC5[C@@H](CO)OC(OC6[C@@H](CO)OC(O[C@H]7[C@H](O)[C@@H](O)C(O[C@H]8[C@H](O)[C@@H](O)C(OC1[C@H](O)[C@H]2O)O[C@@H]8CO)O[C@@H]7CO)[C@H](O)[C@H]6O)[C@H](O)[C@H]5O)O[C@@H]4CO)O[C@@H]3CO. The molecule has 21 aliphatic rings. The highest BCUT2D eigenvalue weighted by Gasteiger charge is 2.60. The third kappa shape index (κ3) is 11.9. The van der Waals surface area contributed by atoms with Crippen molar-refractivity contribution >= 4 is 0 Å². The quantitative estimate of drug-likeness (QED) is 0.113. The zero-order valence-corrected chi connectivity index (χ0v) is 40.9. The predicted octanol–water partition coefficient (Wildman–Crippen LogP) is -15.6. The Kier molecular flexibility index (Phi) is 21.1. The molecule has 20 heterocycles. The molecular formula is C43H72O35. The fourth-order valence-electron chi connectivity index (χ4n) is 10.9. The number of ether oxygens (including phenoxy) is 13. The van der Waals surface area contributed by atoms with Crippen molar-refractivity contribution in [1.82, 2.24) is 0 Å².